The summed E-state index contributed by atoms with van der Waals surface area (Å²) in [5, 5.41) is 23.3. The van der Waals surface area contributed by atoms with Crippen molar-refractivity contribution in [2.24, 2.45) is 7.05 Å². The second-order valence-corrected chi connectivity index (χ2v) is 4.66. The first kappa shape index (κ1) is 11.6. The predicted octanol–water partition coefficient (Wildman–Crippen LogP) is 2.46. The summed E-state index contributed by atoms with van der Waals surface area (Å²) < 4.78 is 1.70. The van der Waals surface area contributed by atoms with E-state index in [0.29, 0.717) is 5.56 Å². The van der Waals surface area contributed by atoms with Gasteiger partial charge in [-0.3, -0.25) is 4.68 Å². The van der Waals surface area contributed by atoms with Gasteiger partial charge in [0.15, 0.2) is 0 Å². The molecule has 0 saturated heterocycles. The Morgan fingerprint density at radius 3 is 2.59 bits per heavy atom. The highest BCUT2D eigenvalue weighted by Crippen LogP contribution is 2.31. The van der Waals surface area contributed by atoms with Crippen LogP contribution in [0.15, 0.2) is 34.2 Å². The second-order valence-electron chi connectivity index (χ2n) is 3.60. The first-order chi connectivity index (χ1) is 8.11. The van der Waals surface area contributed by atoms with Crippen molar-refractivity contribution >= 4 is 11.8 Å². The lowest BCUT2D eigenvalue weighted by molar-refractivity contribution is 0.475. The minimum absolute atomic E-state index is 0.232. The molecule has 0 bridgehead atoms. The van der Waals surface area contributed by atoms with E-state index < -0.39 is 0 Å². The molecule has 2 rings (SSSR count). The smallest absolute Gasteiger partial charge is 0.117 e. The van der Waals surface area contributed by atoms with Gasteiger partial charge in [-0.25, -0.2) is 0 Å². The van der Waals surface area contributed by atoms with E-state index in [1.165, 1.54) is 11.8 Å². The Hall–Kier alpha value is -1.93. The Morgan fingerprint density at radius 1 is 1.35 bits per heavy atom. The number of hydrogen-bond donors (Lipinski definition) is 1. The van der Waals surface area contributed by atoms with Crippen LogP contribution in [0.3, 0.4) is 0 Å². The Balaban J connectivity index is 2.36. The molecule has 1 N–H and O–H groups in total. The molecule has 4 nitrogen and oxygen atoms in total. The van der Waals surface area contributed by atoms with Crippen LogP contribution in [-0.4, -0.2) is 14.9 Å². The monoisotopic (exact) mass is 245 g/mol. The van der Waals surface area contributed by atoms with Crippen LogP contribution in [0.25, 0.3) is 0 Å². The van der Waals surface area contributed by atoms with Crippen molar-refractivity contribution in [2.45, 2.75) is 16.8 Å². The summed E-state index contributed by atoms with van der Waals surface area (Å²) in [5.41, 5.74) is 1.34. The van der Waals surface area contributed by atoms with Gasteiger partial charge in [-0.05, 0) is 31.2 Å². The molecule has 0 aliphatic rings. The Bertz CT molecular complexity index is 581. The molecular formula is C12H11N3OS. The van der Waals surface area contributed by atoms with Crippen molar-refractivity contribution in [3.63, 3.8) is 0 Å². The number of hydrogen-bond acceptors (Lipinski definition) is 4. The lowest BCUT2D eigenvalue weighted by Gasteiger charge is -2.02. The van der Waals surface area contributed by atoms with Crippen LogP contribution in [0, 0.1) is 18.3 Å². The third-order valence-electron chi connectivity index (χ3n) is 2.33. The molecular weight excluding hydrogens is 234 g/mol. The fourth-order valence-corrected chi connectivity index (χ4v) is 2.47. The van der Waals surface area contributed by atoms with Crippen molar-refractivity contribution in [1.29, 1.82) is 5.26 Å². The summed E-state index contributed by atoms with van der Waals surface area (Å²) in [5.74, 6) is 0.232. The van der Waals surface area contributed by atoms with Gasteiger partial charge in [-0.2, -0.15) is 10.4 Å². The molecule has 17 heavy (non-hydrogen) atoms. The third-order valence-corrected chi connectivity index (χ3v) is 3.50. The predicted molar refractivity (Wildman–Crippen MR) is 64.9 cm³/mol. The Morgan fingerprint density at radius 2 is 2.00 bits per heavy atom. The van der Waals surface area contributed by atoms with Crippen LogP contribution in [0.4, 0.5) is 0 Å². The molecule has 1 heterocycles. The SMILES string of the molecule is Cc1nn(C)c(Sc2ccc(O)cc2)c1C#N. The maximum absolute atomic E-state index is 9.20. The van der Waals surface area contributed by atoms with Gasteiger partial charge in [0.25, 0.3) is 0 Å². The molecule has 86 valence electrons. The topological polar surface area (TPSA) is 61.8 Å². The Kier molecular flexibility index (Phi) is 3.07. The fourth-order valence-electron chi connectivity index (χ4n) is 1.51. The van der Waals surface area contributed by atoms with Crippen LogP contribution in [0.5, 0.6) is 5.75 Å². The number of benzene rings is 1. The zero-order valence-electron chi connectivity index (χ0n) is 9.51. The van der Waals surface area contributed by atoms with Crippen molar-refractivity contribution in [3.05, 3.63) is 35.5 Å². The van der Waals surface area contributed by atoms with Gasteiger partial charge in [0.2, 0.25) is 0 Å². The van der Waals surface area contributed by atoms with Crippen molar-refractivity contribution in [2.75, 3.05) is 0 Å². The molecule has 2 aromatic rings. The van der Waals surface area contributed by atoms with Gasteiger partial charge < -0.3 is 5.11 Å². The minimum atomic E-state index is 0.232. The van der Waals surface area contributed by atoms with Crippen molar-refractivity contribution < 1.29 is 5.11 Å². The highest BCUT2D eigenvalue weighted by molar-refractivity contribution is 7.99. The van der Waals surface area contributed by atoms with E-state index in [9.17, 15) is 5.11 Å². The minimum Gasteiger partial charge on any atom is -0.508 e. The fraction of sp³-hybridized carbons (Fsp3) is 0.167. The number of nitrogens with zero attached hydrogens (tertiary/aromatic N) is 3. The summed E-state index contributed by atoms with van der Waals surface area (Å²) in [4.78, 5) is 0.960. The van der Waals surface area contributed by atoms with Gasteiger partial charge >= 0.3 is 0 Å². The highest BCUT2D eigenvalue weighted by Gasteiger charge is 2.13. The lowest BCUT2D eigenvalue weighted by atomic mass is 10.3. The summed E-state index contributed by atoms with van der Waals surface area (Å²) >= 11 is 1.46. The molecule has 0 fully saturated rings. The molecule has 0 aliphatic heterocycles. The molecule has 0 saturated carbocycles. The van der Waals surface area contributed by atoms with E-state index in [4.69, 9.17) is 5.26 Å². The maximum atomic E-state index is 9.20. The van der Waals surface area contributed by atoms with Crippen molar-refractivity contribution in [1.82, 2.24) is 9.78 Å². The molecule has 0 aliphatic carbocycles. The molecule has 0 radical (unpaired) electrons. The Labute approximate surface area is 104 Å². The van der Waals surface area contributed by atoms with E-state index in [1.54, 1.807) is 16.8 Å². The summed E-state index contributed by atoms with van der Waals surface area (Å²) in [7, 11) is 1.82. The average Bonchev–Trinajstić information content (AvgIpc) is 2.57. The van der Waals surface area contributed by atoms with Gasteiger partial charge in [0, 0.05) is 11.9 Å². The molecule has 0 amide bonds. The first-order valence-corrected chi connectivity index (χ1v) is 5.84. The molecule has 1 aromatic heterocycles. The number of aromatic nitrogens is 2. The zero-order chi connectivity index (χ0) is 12.4. The number of aryl methyl sites for hydroxylation is 2. The molecule has 0 unspecified atom stereocenters. The molecule has 0 spiro atoms. The van der Waals surface area contributed by atoms with Crippen LogP contribution in [0.2, 0.25) is 0 Å². The standard InChI is InChI=1S/C12H11N3OS/c1-8-11(7-13)12(15(2)14-8)17-10-5-3-9(16)4-6-10/h3-6,16H,1-2H3. The van der Waals surface area contributed by atoms with E-state index in [2.05, 4.69) is 11.2 Å². The number of phenolic OH excluding ortho intramolecular Hbond substituents is 1. The summed E-state index contributed by atoms with van der Waals surface area (Å²) in [6, 6.07) is 9.03. The summed E-state index contributed by atoms with van der Waals surface area (Å²) in [6.45, 7) is 1.82. The van der Waals surface area contributed by atoms with Crippen LogP contribution in [-0.2, 0) is 7.05 Å². The summed E-state index contributed by atoms with van der Waals surface area (Å²) in [6.07, 6.45) is 0. The van der Waals surface area contributed by atoms with Crippen LogP contribution in [0.1, 0.15) is 11.3 Å². The van der Waals surface area contributed by atoms with Gasteiger partial charge in [-0.1, -0.05) is 11.8 Å². The van der Waals surface area contributed by atoms with E-state index in [1.807, 2.05) is 26.1 Å². The van der Waals surface area contributed by atoms with Gasteiger partial charge in [0.05, 0.1) is 5.69 Å². The number of aromatic hydroxyl groups is 1. The normalized spacial score (nSPS) is 10.2. The lowest BCUT2D eigenvalue weighted by Crippen LogP contribution is -1.92. The van der Waals surface area contributed by atoms with E-state index in [0.717, 1.165) is 15.6 Å². The maximum Gasteiger partial charge on any atom is 0.117 e. The molecule has 1 aromatic carbocycles. The molecule has 0 atom stereocenters. The van der Waals surface area contributed by atoms with Crippen LogP contribution < -0.4 is 0 Å². The van der Waals surface area contributed by atoms with Crippen LogP contribution >= 0.6 is 11.8 Å². The second kappa shape index (κ2) is 4.52. The van der Waals surface area contributed by atoms with Gasteiger partial charge in [0.1, 0.15) is 22.4 Å². The largest absolute Gasteiger partial charge is 0.508 e. The third kappa shape index (κ3) is 2.27. The van der Waals surface area contributed by atoms with Crippen molar-refractivity contribution in [3.8, 4) is 11.8 Å². The number of phenols is 1. The number of rotatable bonds is 2. The van der Waals surface area contributed by atoms with E-state index >= 15 is 0 Å². The zero-order valence-corrected chi connectivity index (χ0v) is 10.3. The highest BCUT2D eigenvalue weighted by atomic mass is 32.2. The number of nitriles is 1. The average molecular weight is 245 g/mol. The molecule has 5 heteroatoms. The quantitative estimate of drug-likeness (QED) is 0.882. The van der Waals surface area contributed by atoms with Gasteiger partial charge in [-0.15, -0.1) is 0 Å². The first-order valence-electron chi connectivity index (χ1n) is 5.02. The van der Waals surface area contributed by atoms with E-state index in [-0.39, 0.29) is 5.75 Å².